The minimum Gasteiger partial charge on any atom is -0.494 e. The average molecular weight is 236 g/mol. The van der Waals surface area contributed by atoms with Crippen molar-refractivity contribution in [3.63, 3.8) is 0 Å². The molecule has 0 radical (unpaired) electrons. The number of unbranched alkanes of at least 4 members (excludes halogenated alkanes) is 1. The predicted molar refractivity (Wildman–Crippen MR) is 74.0 cm³/mol. The van der Waals surface area contributed by atoms with Crippen LogP contribution in [0.3, 0.4) is 0 Å². The molecule has 0 aliphatic heterocycles. The molecule has 0 atom stereocenters. The molecule has 1 N–H and O–H groups in total. The van der Waals surface area contributed by atoms with E-state index in [0.29, 0.717) is 0 Å². The summed E-state index contributed by atoms with van der Waals surface area (Å²) in [7, 11) is 4.13. The van der Waals surface area contributed by atoms with Gasteiger partial charge in [0.15, 0.2) is 0 Å². The largest absolute Gasteiger partial charge is 0.494 e. The SMILES string of the molecule is CCOc1ccc(N(C)CCCCNC)cc1. The zero-order valence-corrected chi connectivity index (χ0v) is 11.2. The lowest BCUT2D eigenvalue weighted by molar-refractivity contribution is 0.340. The number of hydrogen-bond acceptors (Lipinski definition) is 3. The summed E-state index contributed by atoms with van der Waals surface area (Å²) in [6.07, 6.45) is 2.43. The van der Waals surface area contributed by atoms with E-state index in [1.807, 2.05) is 26.1 Å². The minimum absolute atomic E-state index is 0.721. The van der Waals surface area contributed by atoms with E-state index in [2.05, 4.69) is 29.4 Å². The van der Waals surface area contributed by atoms with Crippen LogP contribution in [-0.4, -0.2) is 33.8 Å². The quantitative estimate of drug-likeness (QED) is 0.702. The second kappa shape index (κ2) is 7.96. The van der Waals surface area contributed by atoms with Crippen molar-refractivity contribution in [2.75, 3.05) is 38.7 Å². The van der Waals surface area contributed by atoms with Gasteiger partial charge in [0, 0.05) is 19.3 Å². The molecule has 1 aromatic rings. The molecular weight excluding hydrogens is 212 g/mol. The van der Waals surface area contributed by atoms with Gasteiger partial charge < -0.3 is 15.0 Å². The van der Waals surface area contributed by atoms with Crippen LogP contribution in [-0.2, 0) is 0 Å². The third kappa shape index (κ3) is 5.09. The Labute approximate surface area is 105 Å². The Hall–Kier alpha value is -1.22. The lowest BCUT2D eigenvalue weighted by Gasteiger charge is -2.19. The third-order valence-electron chi connectivity index (χ3n) is 2.76. The van der Waals surface area contributed by atoms with Crippen LogP contribution in [0.25, 0.3) is 0 Å². The van der Waals surface area contributed by atoms with Crippen LogP contribution < -0.4 is 15.0 Å². The van der Waals surface area contributed by atoms with Gasteiger partial charge in [-0.3, -0.25) is 0 Å². The smallest absolute Gasteiger partial charge is 0.119 e. The highest BCUT2D eigenvalue weighted by molar-refractivity contribution is 5.48. The number of nitrogens with zero attached hydrogens (tertiary/aromatic N) is 1. The number of rotatable bonds is 8. The first kappa shape index (κ1) is 13.8. The van der Waals surface area contributed by atoms with Crippen molar-refractivity contribution >= 4 is 5.69 Å². The Morgan fingerprint density at radius 3 is 2.47 bits per heavy atom. The maximum absolute atomic E-state index is 5.43. The van der Waals surface area contributed by atoms with Crippen molar-refractivity contribution < 1.29 is 4.74 Å². The van der Waals surface area contributed by atoms with Gasteiger partial charge in [0.05, 0.1) is 6.61 Å². The molecule has 0 fully saturated rings. The van der Waals surface area contributed by atoms with E-state index < -0.39 is 0 Å². The molecule has 3 heteroatoms. The molecule has 1 rings (SSSR count). The summed E-state index contributed by atoms with van der Waals surface area (Å²) in [6.45, 7) is 4.91. The van der Waals surface area contributed by atoms with Crippen LogP contribution in [0.1, 0.15) is 19.8 Å². The van der Waals surface area contributed by atoms with Crippen molar-refractivity contribution in [1.29, 1.82) is 0 Å². The van der Waals surface area contributed by atoms with Gasteiger partial charge in [-0.1, -0.05) is 0 Å². The van der Waals surface area contributed by atoms with E-state index in [9.17, 15) is 0 Å². The molecule has 0 aromatic heterocycles. The molecule has 96 valence electrons. The summed E-state index contributed by atoms with van der Waals surface area (Å²) >= 11 is 0. The summed E-state index contributed by atoms with van der Waals surface area (Å²) in [5.74, 6) is 0.944. The summed E-state index contributed by atoms with van der Waals surface area (Å²) in [5.41, 5.74) is 1.25. The maximum Gasteiger partial charge on any atom is 0.119 e. The lowest BCUT2D eigenvalue weighted by Crippen LogP contribution is -2.19. The molecule has 17 heavy (non-hydrogen) atoms. The molecule has 3 nitrogen and oxygen atoms in total. The Morgan fingerprint density at radius 2 is 1.88 bits per heavy atom. The first-order valence-corrected chi connectivity index (χ1v) is 6.36. The Kier molecular flexibility index (Phi) is 6.48. The van der Waals surface area contributed by atoms with Crippen molar-refractivity contribution in [3.8, 4) is 5.75 Å². The van der Waals surface area contributed by atoms with Gasteiger partial charge in [-0.25, -0.2) is 0 Å². The fraction of sp³-hybridized carbons (Fsp3) is 0.571. The van der Waals surface area contributed by atoms with Gasteiger partial charge in [0.1, 0.15) is 5.75 Å². The molecule has 0 aliphatic carbocycles. The normalized spacial score (nSPS) is 10.3. The number of nitrogens with one attached hydrogen (secondary N) is 1. The third-order valence-corrected chi connectivity index (χ3v) is 2.76. The van der Waals surface area contributed by atoms with Gasteiger partial charge in [0.2, 0.25) is 0 Å². The van der Waals surface area contributed by atoms with Crippen molar-refractivity contribution in [3.05, 3.63) is 24.3 Å². The Morgan fingerprint density at radius 1 is 1.18 bits per heavy atom. The van der Waals surface area contributed by atoms with Gasteiger partial charge >= 0.3 is 0 Å². The molecule has 0 bridgehead atoms. The second-order valence-corrected chi connectivity index (χ2v) is 4.16. The van der Waals surface area contributed by atoms with Gasteiger partial charge in [0.25, 0.3) is 0 Å². The van der Waals surface area contributed by atoms with Crippen molar-refractivity contribution in [2.45, 2.75) is 19.8 Å². The molecule has 0 saturated heterocycles. The predicted octanol–water partition coefficient (Wildman–Crippen LogP) is 2.52. The highest BCUT2D eigenvalue weighted by Crippen LogP contribution is 2.18. The summed E-state index contributed by atoms with van der Waals surface area (Å²) < 4.78 is 5.43. The zero-order valence-electron chi connectivity index (χ0n) is 11.2. The van der Waals surface area contributed by atoms with Gasteiger partial charge in [-0.2, -0.15) is 0 Å². The van der Waals surface area contributed by atoms with Crippen LogP contribution in [0.2, 0.25) is 0 Å². The highest BCUT2D eigenvalue weighted by atomic mass is 16.5. The molecule has 0 heterocycles. The Balaban J connectivity index is 2.37. The maximum atomic E-state index is 5.43. The monoisotopic (exact) mass is 236 g/mol. The van der Waals surface area contributed by atoms with Crippen LogP contribution >= 0.6 is 0 Å². The number of benzene rings is 1. The first-order chi connectivity index (χ1) is 8.27. The molecule has 0 spiro atoms. The first-order valence-electron chi connectivity index (χ1n) is 6.36. The minimum atomic E-state index is 0.721. The van der Waals surface area contributed by atoms with Crippen LogP contribution in [0.4, 0.5) is 5.69 Å². The standard InChI is InChI=1S/C14H24N2O/c1-4-17-14-9-7-13(8-10-14)16(3)12-6-5-11-15-2/h7-10,15H,4-6,11-12H2,1-3H3. The highest BCUT2D eigenvalue weighted by Gasteiger charge is 2.00. The van der Waals surface area contributed by atoms with E-state index >= 15 is 0 Å². The number of ether oxygens (including phenoxy) is 1. The van der Waals surface area contributed by atoms with E-state index in [0.717, 1.165) is 25.4 Å². The molecule has 0 unspecified atom stereocenters. The van der Waals surface area contributed by atoms with E-state index in [4.69, 9.17) is 4.74 Å². The Bertz CT molecular complexity index is 298. The van der Waals surface area contributed by atoms with E-state index in [-0.39, 0.29) is 0 Å². The van der Waals surface area contributed by atoms with Crippen molar-refractivity contribution in [2.24, 2.45) is 0 Å². The molecule has 0 aliphatic rings. The molecule has 1 aromatic carbocycles. The lowest BCUT2D eigenvalue weighted by atomic mass is 10.2. The van der Waals surface area contributed by atoms with Crippen LogP contribution in [0.15, 0.2) is 24.3 Å². The number of anilines is 1. The fourth-order valence-corrected chi connectivity index (χ4v) is 1.74. The van der Waals surface area contributed by atoms with Gasteiger partial charge in [-0.05, 0) is 57.6 Å². The van der Waals surface area contributed by atoms with Crippen molar-refractivity contribution in [1.82, 2.24) is 5.32 Å². The summed E-state index contributed by atoms with van der Waals surface area (Å²) in [5, 5.41) is 3.17. The molecular formula is C14H24N2O. The summed E-state index contributed by atoms with van der Waals surface area (Å²) in [6, 6.07) is 8.29. The van der Waals surface area contributed by atoms with E-state index in [1.54, 1.807) is 0 Å². The molecule has 0 amide bonds. The topological polar surface area (TPSA) is 24.5 Å². The van der Waals surface area contributed by atoms with Crippen LogP contribution in [0, 0.1) is 0 Å². The zero-order chi connectivity index (χ0) is 12.5. The van der Waals surface area contributed by atoms with E-state index in [1.165, 1.54) is 18.5 Å². The number of hydrogen-bond donors (Lipinski definition) is 1. The summed E-state index contributed by atoms with van der Waals surface area (Å²) in [4.78, 5) is 2.28. The van der Waals surface area contributed by atoms with Crippen LogP contribution in [0.5, 0.6) is 5.75 Å². The average Bonchev–Trinajstić information content (AvgIpc) is 2.36. The second-order valence-electron chi connectivity index (χ2n) is 4.16. The fourth-order valence-electron chi connectivity index (χ4n) is 1.74. The molecule has 0 saturated carbocycles. The van der Waals surface area contributed by atoms with Gasteiger partial charge in [-0.15, -0.1) is 0 Å².